The summed E-state index contributed by atoms with van der Waals surface area (Å²) in [6, 6.07) is 4.08. The first-order valence-electron chi connectivity index (χ1n) is 4.29. The van der Waals surface area contributed by atoms with E-state index in [0.717, 1.165) is 16.7 Å². The quantitative estimate of drug-likeness (QED) is 0.663. The summed E-state index contributed by atoms with van der Waals surface area (Å²) in [5, 5.41) is 5.39. The Bertz CT molecular complexity index is 468. The third kappa shape index (κ3) is 1.00. The van der Waals surface area contributed by atoms with Crippen LogP contribution in [0.25, 0.3) is 10.9 Å². The molecule has 2 aromatic rings. The molecule has 0 aliphatic heterocycles. The highest BCUT2D eigenvalue weighted by Gasteiger charge is 2.08. The van der Waals surface area contributed by atoms with Crippen molar-refractivity contribution in [2.75, 3.05) is 5.73 Å². The highest BCUT2D eigenvalue weighted by Crippen LogP contribution is 2.25. The number of benzene rings is 1. The monoisotopic (exact) mass is 175 g/mol. The maximum Gasteiger partial charge on any atom is 0.129 e. The largest absolute Gasteiger partial charge is 0.383 e. The van der Waals surface area contributed by atoms with Crippen LogP contribution in [0.15, 0.2) is 12.1 Å². The van der Waals surface area contributed by atoms with Gasteiger partial charge >= 0.3 is 0 Å². The Hall–Kier alpha value is -1.51. The highest BCUT2D eigenvalue weighted by molar-refractivity contribution is 5.92. The molecule has 68 valence electrons. The third-order valence-electron chi connectivity index (χ3n) is 2.58. The fourth-order valence-corrected chi connectivity index (χ4v) is 1.59. The summed E-state index contributed by atoms with van der Waals surface area (Å²) in [5.74, 6) is 0.746. The lowest BCUT2D eigenvalue weighted by molar-refractivity contribution is 0.791. The minimum atomic E-state index is 0.746. The van der Waals surface area contributed by atoms with Crippen LogP contribution in [0.2, 0.25) is 0 Å². The predicted octanol–water partition coefficient (Wildman–Crippen LogP) is 1.77. The van der Waals surface area contributed by atoms with Crippen LogP contribution in [-0.2, 0) is 7.05 Å². The molecular formula is C10H13N3. The van der Waals surface area contributed by atoms with Crippen LogP contribution in [0.5, 0.6) is 0 Å². The zero-order chi connectivity index (χ0) is 9.59. The molecule has 1 aromatic heterocycles. The van der Waals surface area contributed by atoms with Crippen molar-refractivity contribution in [3.05, 3.63) is 23.3 Å². The van der Waals surface area contributed by atoms with Gasteiger partial charge in [0.05, 0.1) is 5.52 Å². The molecule has 0 spiro atoms. The number of anilines is 1. The molecule has 1 aromatic carbocycles. The van der Waals surface area contributed by atoms with Crippen molar-refractivity contribution in [1.82, 2.24) is 9.78 Å². The highest BCUT2D eigenvalue weighted by atomic mass is 15.3. The minimum Gasteiger partial charge on any atom is -0.383 e. The van der Waals surface area contributed by atoms with E-state index in [4.69, 9.17) is 5.73 Å². The first-order valence-corrected chi connectivity index (χ1v) is 4.29. The lowest BCUT2D eigenvalue weighted by Crippen LogP contribution is -1.97. The topological polar surface area (TPSA) is 43.8 Å². The van der Waals surface area contributed by atoms with Gasteiger partial charge in [-0.1, -0.05) is 6.07 Å². The predicted molar refractivity (Wildman–Crippen MR) is 54.6 cm³/mol. The number of rotatable bonds is 0. The molecule has 0 saturated heterocycles. The molecule has 2 N–H and O–H groups in total. The van der Waals surface area contributed by atoms with Crippen molar-refractivity contribution in [2.24, 2.45) is 7.05 Å². The van der Waals surface area contributed by atoms with E-state index < -0.39 is 0 Å². The Kier molecular flexibility index (Phi) is 1.55. The maximum absolute atomic E-state index is 5.91. The number of aryl methyl sites for hydroxylation is 3. The Balaban J connectivity index is 2.97. The smallest absolute Gasteiger partial charge is 0.129 e. The molecule has 13 heavy (non-hydrogen) atoms. The van der Waals surface area contributed by atoms with E-state index in [1.165, 1.54) is 11.1 Å². The molecule has 0 amide bonds. The molecule has 3 nitrogen and oxygen atoms in total. The number of fused-ring (bicyclic) bond motifs is 1. The Morgan fingerprint density at radius 2 is 2.00 bits per heavy atom. The zero-order valence-corrected chi connectivity index (χ0v) is 8.13. The van der Waals surface area contributed by atoms with Gasteiger partial charge in [-0.3, -0.25) is 4.68 Å². The second kappa shape index (κ2) is 2.49. The van der Waals surface area contributed by atoms with Crippen molar-refractivity contribution in [2.45, 2.75) is 13.8 Å². The lowest BCUT2D eigenvalue weighted by atomic mass is 10.1. The Morgan fingerprint density at radius 1 is 1.31 bits per heavy atom. The number of nitrogens with two attached hydrogens (primary N) is 1. The van der Waals surface area contributed by atoms with Crippen molar-refractivity contribution in [1.29, 1.82) is 0 Å². The Labute approximate surface area is 77.2 Å². The number of hydrogen-bond donors (Lipinski definition) is 1. The molecule has 0 unspecified atom stereocenters. The van der Waals surface area contributed by atoms with Crippen LogP contribution in [-0.4, -0.2) is 9.78 Å². The zero-order valence-electron chi connectivity index (χ0n) is 8.13. The van der Waals surface area contributed by atoms with Gasteiger partial charge in [0.25, 0.3) is 0 Å². The van der Waals surface area contributed by atoms with Crippen LogP contribution in [0, 0.1) is 13.8 Å². The molecule has 0 aliphatic carbocycles. The summed E-state index contributed by atoms with van der Waals surface area (Å²) in [7, 11) is 1.87. The summed E-state index contributed by atoms with van der Waals surface area (Å²) >= 11 is 0. The first kappa shape index (κ1) is 8.10. The third-order valence-corrected chi connectivity index (χ3v) is 2.58. The first-order chi connectivity index (χ1) is 6.11. The van der Waals surface area contributed by atoms with E-state index >= 15 is 0 Å². The molecule has 0 saturated carbocycles. The van der Waals surface area contributed by atoms with Gasteiger partial charge in [-0.2, -0.15) is 5.10 Å². The second-order valence-electron chi connectivity index (χ2n) is 3.41. The van der Waals surface area contributed by atoms with Crippen molar-refractivity contribution >= 4 is 16.7 Å². The Morgan fingerprint density at radius 3 is 2.69 bits per heavy atom. The minimum absolute atomic E-state index is 0.746. The number of nitrogen functional groups attached to an aromatic ring is 1. The molecule has 0 atom stereocenters. The van der Waals surface area contributed by atoms with Crippen molar-refractivity contribution in [3.8, 4) is 0 Å². The summed E-state index contributed by atoms with van der Waals surface area (Å²) in [4.78, 5) is 0. The van der Waals surface area contributed by atoms with Crippen LogP contribution >= 0.6 is 0 Å². The van der Waals surface area contributed by atoms with Crippen LogP contribution in [0.3, 0.4) is 0 Å². The average molecular weight is 175 g/mol. The molecule has 3 heteroatoms. The van der Waals surface area contributed by atoms with Crippen molar-refractivity contribution in [3.63, 3.8) is 0 Å². The normalized spacial score (nSPS) is 11.0. The van der Waals surface area contributed by atoms with Crippen LogP contribution < -0.4 is 5.73 Å². The van der Waals surface area contributed by atoms with Gasteiger partial charge < -0.3 is 5.73 Å². The number of aromatic nitrogens is 2. The molecule has 0 radical (unpaired) electrons. The fourth-order valence-electron chi connectivity index (χ4n) is 1.59. The van der Waals surface area contributed by atoms with E-state index in [1.807, 2.05) is 13.1 Å². The molecule has 0 aliphatic rings. The van der Waals surface area contributed by atoms with Gasteiger partial charge in [-0.15, -0.1) is 0 Å². The van der Waals surface area contributed by atoms with E-state index in [1.54, 1.807) is 4.68 Å². The second-order valence-corrected chi connectivity index (χ2v) is 3.41. The maximum atomic E-state index is 5.91. The van der Waals surface area contributed by atoms with Crippen LogP contribution in [0.1, 0.15) is 11.1 Å². The molecule has 0 fully saturated rings. The average Bonchev–Trinajstić information content (AvgIpc) is 2.37. The number of nitrogens with zero attached hydrogens (tertiary/aromatic N) is 2. The standard InChI is InChI=1S/C10H13N3/c1-6-4-5-8-9(7(6)2)10(11)13(3)12-8/h4-5H,11H2,1-3H3. The summed E-state index contributed by atoms with van der Waals surface area (Å²) in [5.41, 5.74) is 9.37. The van der Waals surface area contributed by atoms with Gasteiger partial charge in [0, 0.05) is 12.4 Å². The molecular weight excluding hydrogens is 162 g/mol. The number of hydrogen-bond acceptors (Lipinski definition) is 2. The van der Waals surface area contributed by atoms with E-state index in [2.05, 4.69) is 25.0 Å². The fraction of sp³-hybridized carbons (Fsp3) is 0.300. The molecule has 0 bridgehead atoms. The van der Waals surface area contributed by atoms with Gasteiger partial charge in [0.1, 0.15) is 5.82 Å². The van der Waals surface area contributed by atoms with Gasteiger partial charge in [0.15, 0.2) is 0 Å². The summed E-state index contributed by atoms with van der Waals surface area (Å²) in [6.07, 6.45) is 0. The SMILES string of the molecule is Cc1ccc2nn(C)c(N)c2c1C. The van der Waals surface area contributed by atoms with E-state index in [9.17, 15) is 0 Å². The van der Waals surface area contributed by atoms with Gasteiger partial charge in [-0.05, 0) is 31.0 Å². The van der Waals surface area contributed by atoms with Crippen molar-refractivity contribution < 1.29 is 0 Å². The van der Waals surface area contributed by atoms with E-state index in [0.29, 0.717) is 0 Å². The molecule has 2 rings (SSSR count). The van der Waals surface area contributed by atoms with Crippen LogP contribution in [0.4, 0.5) is 5.82 Å². The van der Waals surface area contributed by atoms with Gasteiger partial charge in [0.2, 0.25) is 0 Å². The summed E-state index contributed by atoms with van der Waals surface area (Å²) in [6.45, 7) is 4.16. The molecule has 1 heterocycles. The summed E-state index contributed by atoms with van der Waals surface area (Å²) < 4.78 is 1.72. The van der Waals surface area contributed by atoms with Gasteiger partial charge in [-0.25, -0.2) is 0 Å². The lowest BCUT2D eigenvalue weighted by Gasteiger charge is -2.00. The van der Waals surface area contributed by atoms with E-state index in [-0.39, 0.29) is 0 Å².